The Labute approximate surface area is 268 Å². The minimum atomic E-state index is -0.456. The molecule has 42 heavy (non-hydrogen) atoms. The first-order valence-electron chi connectivity index (χ1n) is 15.0. The number of Topliss-reactive ketones (excluding diaryl/α,β-unsaturated/α-hetero) is 3. The maximum Gasteiger partial charge on any atom is 0.309 e. The predicted molar refractivity (Wildman–Crippen MR) is 177 cm³/mol. The van der Waals surface area contributed by atoms with Crippen LogP contribution in [0.2, 0.25) is 0 Å². The van der Waals surface area contributed by atoms with E-state index in [0.717, 1.165) is 25.7 Å². The van der Waals surface area contributed by atoms with E-state index in [9.17, 15) is 19.2 Å². The van der Waals surface area contributed by atoms with E-state index in [1.165, 1.54) is 0 Å². The Morgan fingerprint density at radius 3 is 1.36 bits per heavy atom. The van der Waals surface area contributed by atoms with Gasteiger partial charge < -0.3 is 4.74 Å². The van der Waals surface area contributed by atoms with E-state index in [1.54, 1.807) is 0 Å². The molecule has 0 bridgehead atoms. The minimum Gasteiger partial charge on any atom is -0.457 e. The van der Waals surface area contributed by atoms with Gasteiger partial charge in [0.15, 0.2) is 18.2 Å². The van der Waals surface area contributed by atoms with Crippen LogP contribution in [0.5, 0.6) is 0 Å². The van der Waals surface area contributed by atoms with Gasteiger partial charge in [-0.1, -0.05) is 129 Å². The molecule has 5 nitrogen and oxygen atoms in total. The Hall–Kier alpha value is -1.53. The number of ether oxygens (including phenoxy) is 1. The molecule has 7 heteroatoms. The number of ketones is 3. The fraction of sp³-hybridized carbons (Fsp3) is 0.714. The third kappa shape index (κ3) is 7.94. The highest BCUT2D eigenvalue weighted by molar-refractivity contribution is 9.09. The van der Waals surface area contributed by atoms with E-state index < -0.39 is 5.41 Å². The monoisotopic (exact) mass is 668 g/mol. The van der Waals surface area contributed by atoms with Gasteiger partial charge in [-0.05, 0) is 41.9 Å². The molecule has 3 aliphatic rings. The highest BCUT2D eigenvalue weighted by Crippen LogP contribution is 2.50. The first-order chi connectivity index (χ1) is 19.1. The van der Waals surface area contributed by atoms with Crippen LogP contribution >= 0.6 is 27.5 Å². The Balaban J connectivity index is 0.000000325. The molecule has 0 unspecified atom stereocenters. The minimum absolute atomic E-state index is 0.00848. The van der Waals surface area contributed by atoms with Crippen LogP contribution in [0.15, 0.2) is 36.5 Å². The van der Waals surface area contributed by atoms with Crippen molar-refractivity contribution in [2.75, 3.05) is 17.8 Å². The average molecular weight is 670 g/mol. The van der Waals surface area contributed by atoms with E-state index in [0.29, 0.717) is 11.1 Å². The molecule has 0 N–H and O–H groups in total. The van der Waals surface area contributed by atoms with Gasteiger partial charge in [0.2, 0.25) is 0 Å². The Bertz CT molecular complexity index is 1050. The first-order valence-corrected chi connectivity index (χ1v) is 16.7. The smallest absolute Gasteiger partial charge is 0.309 e. The molecule has 0 aromatic rings. The van der Waals surface area contributed by atoms with Gasteiger partial charge in [-0.15, -0.1) is 11.6 Å². The van der Waals surface area contributed by atoms with E-state index in [4.69, 9.17) is 16.3 Å². The molecular formula is C35H54BrClO5. The number of hydrogen-bond acceptors (Lipinski definition) is 5. The Morgan fingerprint density at radius 2 is 1.07 bits per heavy atom. The molecule has 0 aromatic heterocycles. The van der Waals surface area contributed by atoms with E-state index >= 15 is 0 Å². The highest BCUT2D eigenvalue weighted by Gasteiger charge is 2.48. The lowest BCUT2D eigenvalue weighted by molar-refractivity contribution is -0.155. The summed E-state index contributed by atoms with van der Waals surface area (Å²) in [6.07, 6.45) is 15.7. The number of allylic oxidation sites excluding steroid dienone is 6. The number of hydrogen-bond donors (Lipinski definition) is 0. The lowest BCUT2D eigenvalue weighted by Gasteiger charge is -2.36. The molecule has 0 amide bonds. The molecule has 0 saturated carbocycles. The molecule has 0 aliphatic heterocycles. The summed E-state index contributed by atoms with van der Waals surface area (Å²) in [5.41, 5.74) is -1.14. The normalized spacial score (nSPS) is 30.0. The second-order valence-electron chi connectivity index (χ2n) is 14.4. The topological polar surface area (TPSA) is 77.5 Å². The van der Waals surface area contributed by atoms with Gasteiger partial charge in [0.25, 0.3) is 0 Å². The SMILES string of the molecule is CC1(C)C=CC[C@]1(C)C(=O)CBr.CC1(C)C=CC[C@]1(C)C(=O)CCl.CC[C@@H](C)C(=O)OCC(=O)[C@@]1(C)CC=CC1(C)C. The lowest BCUT2D eigenvalue weighted by atomic mass is 9.66. The van der Waals surface area contributed by atoms with Crippen LogP contribution in [0, 0.1) is 38.4 Å². The van der Waals surface area contributed by atoms with Gasteiger partial charge in [-0.3, -0.25) is 19.2 Å². The molecule has 4 atom stereocenters. The number of carbonyl (C=O) groups excluding carboxylic acids is 4. The van der Waals surface area contributed by atoms with Crippen molar-refractivity contribution in [3.05, 3.63) is 36.5 Å². The van der Waals surface area contributed by atoms with Gasteiger partial charge in [0.05, 0.1) is 17.1 Å². The van der Waals surface area contributed by atoms with Crippen LogP contribution in [-0.2, 0) is 23.9 Å². The zero-order valence-corrected chi connectivity index (χ0v) is 30.1. The lowest BCUT2D eigenvalue weighted by Crippen LogP contribution is -2.40. The summed E-state index contributed by atoms with van der Waals surface area (Å²) in [5.74, 6) is 0.172. The van der Waals surface area contributed by atoms with Gasteiger partial charge in [-0.2, -0.15) is 0 Å². The molecule has 3 rings (SSSR count). The van der Waals surface area contributed by atoms with Crippen LogP contribution in [0.3, 0.4) is 0 Å². The van der Waals surface area contributed by atoms with Crippen molar-refractivity contribution in [1.29, 1.82) is 0 Å². The van der Waals surface area contributed by atoms with Crippen LogP contribution < -0.4 is 0 Å². The standard InChI is InChI=1S/C15H24O3.C10H15BrO.C10H15ClO/c1-6-11(2)13(17)18-10-12(16)15(5)9-7-8-14(15,3)4;2*1-9(2)5-4-6-10(9,3)8(12)7-11/h7-8,11H,6,9-10H2,1-5H3;2*4-5H,6-7H2,1-3H3/t11-,15-;2*10-/m111/s1. The van der Waals surface area contributed by atoms with Gasteiger partial charge in [-0.25, -0.2) is 0 Å². The highest BCUT2D eigenvalue weighted by atomic mass is 79.9. The summed E-state index contributed by atoms with van der Waals surface area (Å²) < 4.78 is 5.11. The third-order valence-electron chi connectivity index (χ3n) is 10.9. The summed E-state index contributed by atoms with van der Waals surface area (Å²) in [4.78, 5) is 47.1. The van der Waals surface area contributed by atoms with Crippen molar-refractivity contribution in [3.63, 3.8) is 0 Å². The molecule has 0 fully saturated rings. The third-order valence-corrected chi connectivity index (χ3v) is 11.6. The maximum absolute atomic E-state index is 12.3. The zero-order chi connectivity index (χ0) is 32.8. The van der Waals surface area contributed by atoms with Crippen molar-refractivity contribution in [2.45, 2.75) is 102 Å². The van der Waals surface area contributed by atoms with E-state index in [2.05, 4.69) is 80.9 Å². The van der Waals surface area contributed by atoms with Crippen LogP contribution in [-0.4, -0.2) is 41.1 Å². The summed E-state index contributed by atoms with van der Waals surface area (Å²) in [6, 6.07) is 0. The number of carbonyl (C=O) groups is 4. The predicted octanol–water partition coefficient (Wildman–Crippen LogP) is 8.87. The van der Waals surface area contributed by atoms with Crippen LogP contribution in [0.4, 0.5) is 0 Å². The second kappa shape index (κ2) is 14.5. The molecule has 238 valence electrons. The van der Waals surface area contributed by atoms with E-state index in [1.807, 2.05) is 47.6 Å². The van der Waals surface area contributed by atoms with Gasteiger partial charge in [0.1, 0.15) is 5.78 Å². The largest absolute Gasteiger partial charge is 0.457 e. The zero-order valence-electron chi connectivity index (χ0n) is 27.8. The molecule has 3 aliphatic carbocycles. The number of alkyl halides is 2. The van der Waals surface area contributed by atoms with Crippen LogP contribution in [0.25, 0.3) is 0 Å². The fourth-order valence-corrected chi connectivity index (χ4v) is 6.34. The maximum atomic E-state index is 12.3. The fourth-order valence-electron chi connectivity index (χ4n) is 5.43. The molecular weight excluding hydrogens is 616 g/mol. The first kappa shape index (κ1) is 38.5. The van der Waals surface area contributed by atoms with E-state index in [-0.39, 0.29) is 63.0 Å². The summed E-state index contributed by atoms with van der Waals surface area (Å²) in [5, 5.41) is 0.467. The Morgan fingerprint density at radius 1 is 0.714 bits per heavy atom. The van der Waals surface area contributed by atoms with Gasteiger partial charge in [0, 0.05) is 16.2 Å². The number of rotatable bonds is 9. The Kier molecular flexibility index (Phi) is 13.3. The number of halogens is 2. The quantitative estimate of drug-likeness (QED) is 0.139. The van der Waals surface area contributed by atoms with Crippen molar-refractivity contribution in [2.24, 2.45) is 38.4 Å². The summed E-state index contributed by atoms with van der Waals surface area (Å²) >= 11 is 8.81. The van der Waals surface area contributed by atoms with Crippen molar-refractivity contribution in [3.8, 4) is 0 Å². The summed E-state index contributed by atoms with van der Waals surface area (Å²) in [6.45, 7) is 22.1. The average Bonchev–Trinajstić information content (AvgIpc) is 3.49. The molecule has 0 saturated heterocycles. The number of esters is 1. The van der Waals surface area contributed by atoms with Crippen LogP contribution in [0.1, 0.15) is 102 Å². The second-order valence-corrected chi connectivity index (χ2v) is 15.3. The molecule has 0 aromatic carbocycles. The molecule has 0 heterocycles. The van der Waals surface area contributed by atoms with Gasteiger partial charge >= 0.3 is 5.97 Å². The van der Waals surface area contributed by atoms with Crippen molar-refractivity contribution in [1.82, 2.24) is 0 Å². The molecule has 0 spiro atoms. The molecule has 0 radical (unpaired) electrons. The summed E-state index contributed by atoms with van der Waals surface area (Å²) in [7, 11) is 0. The van der Waals surface area contributed by atoms with Crippen molar-refractivity contribution < 1.29 is 23.9 Å². The van der Waals surface area contributed by atoms with Crippen molar-refractivity contribution >= 4 is 50.8 Å².